The third-order valence-electron chi connectivity index (χ3n) is 4.72. The van der Waals surface area contributed by atoms with Gasteiger partial charge in [-0.05, 0) is 52.1 Å². The Morgan fingerprint density at radius 3 is 2.61 bits per heavy atom. The van der Waals surface area contributed by atoms with E-state index in [0.29, 0.717) is 6.04 Å². The molecular formula is C15H30N2O. The molecule has 18 heavy (non-hydrogen) atoms. The number of nitrogens with one attached hydrogen (secondary N) is 1. The lowest BCUT2D eigenvalue weighted by atomic mass is 9.85. The van der Waals surface area contributed by atoms with Crippen LogP contribution in [0.5, 0.6) is 0 Å². The first-order valence-electron chi connectivity index (χ1n) is 7.76. The number of aliphatic hydroxyl groups is 1. The van der Waals surface area contributed by atoms with Gasteiger partial charge in [-0.3, -0.25) is 0 Å². The summed E-state index contributed by atoms with van der Waals surface area (Å²) in [6, 6.07) is 0.678. The Balaban J connectivity index is 1.64. The first-order chi connectivity index (χ1) is 8.59. The summed E-state index contributed by atoms with van der Waals surface area (Å²) in [5, 5.41) is 13.9. The lowest BCUT2D eigenvalue weighted by molar-refractivity contribution is 0.00437. The number of likely N-dealkylation sites (tertiary alicyclic amines) is 1. The van der Waals surface area contributed by atoms with Crippen molar-refractivity contribution in [1.82, 2.24) is 10.2 Å². The van der Waals surface area contributed by atoms with E-state index in [-0.39, 0.29) is 0 Å². The smallest absolute Gasteiger partial charge is 0.0771 e. The molecule has 106 valence electrons. The van der Waals surface area contributed by atoms with Crippen LogP contribution in [0, 0.1) is 5.92 Å². The Hall–Kier alpha value is -0.120. The molecule has 1 saturated carbocycles. The van der Waals surface area contributed by atoms with Crippen LogP contribution in [0.25, 0.3) is 0 Å². The van der Waals surface area contributed by atoms with E-state index in [1.807, 2.05) is 0 Å². The molecule has 0 aromatic carbocycles. The second-order valence-corrected chi connectivity index (χ2v) is 6.66. The molecule has 0 amide bonds. The summed E-state index contributed by atoms with van der Waals surface area (Å²) in [4.78, 5) is 2.56. The maximum absolute atomic E-state index is 10.4. The minimum Gasteiger partial charge on any atom is -0.389 e. The Kier molecular flexibility index (Phi) is 5.05. The lowest BCUT2D eigenvalue weighted by Gasteiger charge is -2.32. The highest BCUT2D eigenvalue weighted by Gasteiger charge is 2.29. The first-order valence-corrected chi connectivity index (χ1v) is 7.76. The maximum atomic E-state index is 10.4. The van der Waals surface area contributed by atoms with Crippen molar-refractivity contribution in [3.63, 3.8) is 0 Å². The Bertz CT molecular complexity index is 249. The predicted molar refractivity (Wildman–Crippen MR) is 75.7 cm³/mol. The van der Waals surface area contributed by atoms with E-state index in [1.54, 1.807) is 0 Å². The van der Waals surface area contributed by atoms with E-state index in [0.717, 1.165) is 31.8 Å². The van der Waals surface area contributed by atoms with E-state index in [1.165, 1.54) is 38.8 Å². The minimum atomic E-state index is -0.408. The molecule has 1 heterocycles. The zero-order valence-electron chi connectivity index (χ0n) is 12.1. The van der Waals surface area contributed by atoms with Gasteiger partial charge in [0.25, 0.3) is 0 Å². The molecule has 0 aromatic rings. The van der Waals surface area contributed by atoms with Crippen molar-refractivity contribution in [2.75, 3.05) is 26.2 Å². The third kappa shape index (κ3) is 3.94. The number of hydrogen-bond donors (Lipinski definition) is 2. The van der Waals surface area contributed by atoms with Crippen LogP contribution in [-0.2, 0) is 0 Å². The summed E-state index contributed by atoms with van der Waals surface area (Å²) >= 11 is 0. The monoisotopic (exact) mass is 254 g/mol. The zero-order chi connectivity index (χ0) is 13.0. The van der Waals surface area contributed by atoms with Gasteiger partial charge in [0.2, 0.25) is 0 Å². The van der Waals surface area contributed by atoms with Crippen molar-refractivity contribution in [3.05, 3.63) is 0 Å². The van der Waals surface area contributed by atoms with Crippen LogP contribution >= 0.6 is 0 Å². The van der Waals surface area contributed by atoms with Gasteiger partial charge in [0.1, 0.15) is 0 Å². The summed E-state index contributed by atoms with van der Waals surface area (Å²) in [6.45, 7) is 8.90. The number of hydrogen-bond acceptors (Lipinski definition) is 3. The second kappa shape index (κ2) is 6.36. The molecule has 3 nitrogen and oxygen atoms in total. The molecule has 2 rings (SSSR count). The molecule has 1 unspecified atom stereocenters. The predicted octanol–water partition coefficient (Wildman–Crippen LogP) is 2.00. The molecule has 0 aromatic heterocycles. The van der Waals surface area contributed by atoms with Crippen molar-refractivity contribution < 1.29 is 5.11 Å². The van der Waals surface area contributed by atoms with Crippen molar-refractivity contribution in [2.45, 2.75) is 64.0 Å². The molecule has 0 bridgehead atoms. The van der Waals surface area contributed by atoms with Crippen LogP contribution < -0.4 is 5.32 Å². The van der Waals surface area contributed by atoms with E-state index < -0.39 is 5.60 Å². The molecule has 1 aliphatic carbocycles. The molecule has 1 aliphatic heterocycles. The van der Waals surface area contributed by atoms with Crippen LogP contribution in [0.1, 0.15) is 52.4 Å². The molecular weight excluding hydrogens is 224 g/mol. The largest absolute Gasteiger partial charge is 0.389 e. The van der Waals surface area contributed by atoms with Crippen LogP contribution in [0.4, 0.5) is 0 Å². The highest BCUT2D eigenvalue weighted by atomic mass is 16.3. The van der Waals surface area contributed by atoms with E-state index in [9.17, 15) is 5.11 Å². The van der Waals surface area contributed by atoms with Gasteiger partial charge in [0, 0.05) is 19.1 Å². The van der Waals surface area contributed by atoms with Crippen LogP contribution in [0.2, 0.25) is 0 Å². The second-order valence-electron chi connectivity index (χ2n) is 6.66. The van der Waals surface area contributed by atoms with Crippen molar-refractivity contribution >= 4 is 0 Å². The van der Waals surface area contributed by atoms with Crippen LogP contribution in [0.3, 0.4) is 0 Å². The van der Waals surface area contributed by atoms with Gasteiger partial charge in [-0.2, -0.15) is 0 Å². The highest BCUT2D eigenvalue weighted by molar-refractivity contribution is 4.86. The van der Waals surface area contributed by atoms with Gasteiger partial charge in [-0.25, -0.2) is 0 Å². The Morgan fingerprint density at radius 2 is 2.00 bits per heavy atom. The minimum absolute atomic E-state index is 0.408. The summed E-state index contributed by atoms with van der Waals surface area (Å²) in [6.07, 6.45) is 6.98. The highest BCUT2D eigenvalue weighted by Crippen LogP contribution is 2.27. The fraction of sp³-hybridized carbons (Fsp3) is 1.00. The topological polar surface area (TPSA) is 35.5 Å². The van der Waals surface area contributed by atoms with E-state index in [2.05, 4.69) is 24.1 Å². The van der Waals surface area contributed by atoms with Crippen LogP contribution in [-0.4, -0.2) is 47.8 Å². The first kappa shape index (κ1) is 14.3. The average molecular weight is 254 g/mol. The molecule has 2 fully saturated rings. The third-order valence-corrected chi connectivity index (χ3v) is 4.72. The lowest BCUT2D eigenvalue weighted by Crippen LogP contribution is -2.43. The van der Waals surface area contributed by atoms with Gasteiger partial charge in [-0.15, -0.1) is 0 Å². The fourth-order valence-corrected chi connectivity index (χ4v) is 3.39. The van der Waals surface area contributed by atoms with Gasteiger partial charge < -0.3 is 15.3 Å². The molecule has 3 heteroatoms. The van der Waals surface area contributed by atoms with E-state index >= 15 is 0 Å². The van der Waals surface area contributed by atoms with Gasteiger partial charge >= 0.3 is 0 Å². The molecule has 0 radical (unpaired) electrons. The molecule has 1 saturated heterocycles. The summed E-state index contributed by atoms with van der Waals surface area (Å²) in [5.74, 6) is 0.777. The van der Waals surface area contributed by atoms with Crippen molar-refractivity contribution in [1.29, 1.82) is 0 Å². The molecule has 0 spiro atoms. The van der Waals surface area contributed by atoms with Crippen molar-refractivity contribution in [3.8, 4) is 0 Å². The van der Waals surface area contributed by atoms with E-state index in [4.69, 9.17) is 0 Å². The fourth-order valence-electron chi connectivity index (χ4n) is 3.39. The SMILES string of the molecule is CC(C)N1CCC(CNCC2(O)CCCCC2)C1. The summed E-state index contributed by atoms with van der Waals surface area (Å²) in [5.41, 5.74) is -0.408. The van der Waals surface area contributed by atoms with Gasteiger partial charge in [0.15, 0.2) is 0 Å². The quantitative estimate of drug-likeness (QED) is 0.788. The van der Waals surface area contributed by atoms with Crippen molar-refractivity contribution in [2.24, 2.45) is 5.92 Å². The molecule has 2 aliphatic rings. The molecule has 1 atom stereocenters. The Morgan fingerprint density at radius 1 is 1.28 bits per heavy atom. The van der Waals surface area contributed by atoms with Gasteiger partial charge in [0.05, 0.1) is 5.60 Å². The normalized spacial score (nSPS) is 29.0. The average Bonchev–Trinajstić information content (AvgIpc) is 2.78. The summed E-state index contributed by atoms with van der Waals surface area (Å²) in [7, 11) is 0. The molecule has 2 N–H and O–H groups in total. The Labute approximate surface area is 112 Å². The standard InChI is InChI=1S/C15H30N2O/c1-13(2)17-9-6-14(11-17)10-16-12-15(18)7-4-3-5-8-15/h13-14,16,18H,3-12H2,1-2H3. The van der Waals surface area contributed by atoms with Gasteiger partial charge in [-0.1, -0.05) is 19.3 Å². The maximum Gasteiger partial charge on any atom is 0.0771 e. The number of rotatable bonds is 5. The van der Waals surface area contributed by atoms with Crippen LogP contribution in [0.15, 0.2) is 0 Å². The summed E-state index contributed by atoms with van der Waals surface area (Å²) < 4.78 is 0. The zero-order valence-corrected chi connectivity index (χ0v) is 12.1. The number of nitrogens with zero attached hydrogens (tertiary/aromatic N) is 1.